The molecular formula is C26H23N3O. The lowest BCUT2D eigenvalue weighted by atomic mass is 9.80. The van der Waals surface area contributed by atoms with Crippen LogP contribution < -0.4 is 10.9 Å². The highest BCUT2D eigenvalue weighted by molar-refractivity contribution is 5.94. The lowest BCUT2D eigenvalue weighted by molar-refractivity contribution is -0.125. The monoisotopic (exact) mass is 393 g/mol. The molecular weight excluding hydrogens is 370 g/mol. The summed E-state index contributed by atoms with van der Waals surface area (Å²) >= 11 is 0. The van der Waals surface area contributed by atoms with Crippen LogP contribution in [-0.2, 0) is 10.2 Å². The molecule has 1 aliphatic carbocycles. The van der Waals surface area contributed by atoms with Crippen molar-refractivity contribution in [2.75, 3.05) is 5.43 Å². The van der Waals surface area contributed by atoms with Crippen LogP contribution in [0.4, 0.5) is 5.69 Å². The summed E-state index contributed by atoms with van der Waals surface area (Å²) in [5.41, 5.74) is 9.29. The molecule has 1 amide bonds. The minimum absolute atomic E-state index is 0.0175. The fourth-order valence-corrected chi connectivity index (χ4v) is 4.69. The van der Waals surface area contributed by atoms with E-state index in [9.17, 15) is 4.79 Å². The second-order valence-electron chi connectivity index (χ2n) is 8.10. The van der Waals surface area contributed by atoms with E-state index in [0.717, 1.165) is 23.0 Å². The number of carbonyl (C=O) groups is 1. The van der Waals surface area contributed by atoms with Crippen molar-refractivity contribution < 1.29 is 4.79 Å². The number of carbonyl (C=O) groups excluding carboxylic acids is 1. The van der Waals surface area contributed by atoms with Crippen molar-refractivity contribution in [1.82, 2.24) is 10.4 Å². The molecule has 1 aromatic heterocycles. The Morgan fingerprint density at radius 2 is 1.50 bits per heavy atom. The lowest BCUT2D eigenvalue weighted by Crippen LogP contribution is -2.39. The Kier molecular flexibility index (Phi) is 4.28. The second-order valence-corrected chi connectivity index (χ2v) is 8.10. The molecule has 3 aromatic carbocycles. The third kappa shape index (κ3) is 2.76. The quantitative estimate of drug-likeness (QED) is 0.465. The first-order valence-corrected chi connectivity index (χ1v) is 10.2. The highest BCUT2D eigenvalue weighted by Crippen LogP contribution is 2.68. The molecule has 0 aliphatic heterocycles. The molecule has 1 heterocycles. The Bertz CT molecular complexity index is 1160. The Labute approximate surface area is 175 Å². The third-order valence-corrected chi connectivity index (χ3v) is 6.43. The molecule has 148 valence electrons. The summed E-state index contributed by atoms with van der Waals surface area (Å²) in [6.07, 6.45) is 2.53. The standard InChI is InChI=1S/C26H23N3O/c1-25(24(30)29-28-23-16-8-15-22-21(23)14-9-17-27-22)18-26(25,19-10-4-2-5-11-19)20-12-6-3-7-13-20/h2-17,28H,18H2,1H3,(H,29,30). The van der Waals surface area contributed by atoms with Gasteiger partial charge in [0.25, 0.3) is 0 Å². The van der Waals surface area contributed by atoms with E-state index >= 15 is 0 Å². The van der Waals surface area contributed by atoms with Gasteiger partial charge in [0.1, 0.15) is 0 Å². The van der Waals surface area contributed by atoms with Crippen molar-refractivity contribution in [3.05, 3.63) is 108 Å². The van der Waals surface area contributed by atoms with E-state index in [-0.39, 0.29) is 11.3 Å². The van der Waals surface area contributed by atoms with Crippen LogP contribution in [0.1, 0.15) is 24.5 Å². The van der Waals surface area contributed by atoms with Gasteiger partial charge < -0.3 is 0 Å². The lowest BCUT2D eigenvalue weighted by Gasteiger charge is -2.24. The maximum absolute atomic E-state index is 13.4. The maximum Gasteiger partial charge on any atom is 0.245 e. The number of pyridine rings is 1. The molecule has 1 saturated carbocycles. The fraction of sp³-hybridized carbons (Fsp3) is 0.154. The molecule has 30 heavy (non-hydrogen) atoms. The highest BCUT2D eigenvalue weighted by Gasteiger charge is 2.70. The largest absolute Gasteiger partial charge is 0.298 e. The number of aromatic nitrogens is 1. The molecule has 1 unspecified atom stereocenters. The van der Waals surface area contributed by atoms with E-state index in [0.29, 0.717) is 0 Å². The minimum Gasteiger partial charge on any atom is -0.298 e. The van der Waals surface area contributed by atoms with Gasteiger partial charge in [-0.2, -0.15) is 0 Å². The van der Waals surface area contributed by atoms with Crippen molar-refractivity contribution >= 4 is 22.5 Å². The first-order valence-electron chi connectivity index (χ1n) is 10.2. The minimum atomic E-state index is -0.550. The number of nitrogens with zero attached hydrogens (tertiary/aromatic N) is 1. The Hall–Kier alpha value is -3.66. The number of rotatable bonds is 5. The van der Waals surface area contributed by atoms with Gasteiger partial charge in [-0.15, -0.1) is 0 Å². The third-order valence-electron chi connectivity index (χ3n) is 6.43. The summed E-state index contributed by atoms with van der Waals surface area (Å²) in [6, 6.07) is 30.4. The van der Waals surface area contributed by atoms with Crippen molar-refractivity contribution in [2.24, 2.45) is 5.41 Å². The first kappa shape index (κ1) is 18.4. The van der Waals surface area contributed by atoms with Crippen LogP contribution >= 0.6 is 0 Å². The Balaban J connectivity index is 1.45. The Morgan fingerprint density at radius 3 is 2.17 bits per heavy atom. The van der Waals surface area contributed by atoms with Crippen molar-refractivity contribution in [3.63, 3.8) is 0 Å². The summed E-state index contributed by atoms with van der Waals surface area (Å²) in [4.78, 5) is 17.8. The summed E-state index contributed by atoms with van der Waals surface area (Å²) in [5.74, 6) is -0.0175. The number of anilines is 1. The number of amides is 1. The van der Waals surface area contributed by atoms with E-state index < -0.39 is 5.41 Å². The van der Waals surface area contributed by atoms with E-state index in [1.54, 1.807) is 6.20 Å². The van der Waals surface area contributed by atoms with E-state index in [2.05, 4.69) is 47.0 Å². The molecule has 1 fully saturated rings. The van der Waals surface area contributed by atoms with Gasteiger partial charge in [-0.1, -0.05) is 66.7 Å². The van der Waals surface area contributed by atoms with Crippen LogP contribution in [0, 0.1) is 5.41 Å². The highest BCUT2D eigenvalue weighted by atomic mass is 16.2. The topological polar surface area (TPSA) is 54.0 Å². The molecule has 1 aliphatic rings. The van der Waals surface area contributed by atoms with Crippen molar-refractivity contribution in [2.45, 2.75) is 18.8 Å². The summed E-state index contributed by atoms with van der Waals surface area (Å²) < 4.78 is 0. The molecule has 4 aromatic rings. The zero-order valence-electron chi connectivity index (χ0n) is 16.8. The molecule has 0 radical (unpaired) electrons. The number of benzene rings is 3. The van der Waals surface area contributed by atoms with Gasteiger partial charge in [-0.25, -0.2) is 0 Å². The maximum atomic E-state index is 13.4. The molecule has 0 spiro atoms. The number of hydrazine groups is 1. The van der Waals surface area contributed by atoms with Crippen molar-refractivity contribution in [3.8, 4) is 0 Å². The number of nitrogens with one attached hydrogen (secondary N) is 2. The van der Waals surface area contributed by atoms with Gasteiger partial charge >= 0.3 is 0 Å². The first-order chi connectivity index (χ1) is 14.6. The van der Waals surface area contributed by atoms with E-state index in [4.69, 9.17) is 0 Å². The smallest absolute Gasteiger partial charge is 0.245 e. The Morgan fingerprint density at radius 1 is 0.833 bits per heavy atom. The van der Waals surface area contributed by atoms with Crippen LogP contribution in [0.15, 0.2) is 97.2 Å². The van der Waals surface area contributed by atoms with E-state index in [1.165, 1.54) is 11.1 Å². The normalized spacial score (nSPS) is 19.2. The van der Waals surface area contributed by atoms with Gasteiger partial charge in [-0.3, -0.25) is 20.6 Å². The number of hydrogen-bond acceptors (Lipinski definition) is 3. The number of fused-ring (bicyclic) bond motifs is 1. The van der Waals surface area contributed by atoms with Gasteiger partial charge in [0, 0.05) is 17.0 Å². The van der Waals surface area contributed by atoms with Crippen LogP contribution in [-0.4, -0.2) is 10.9 Å². The fourth-order valence-electron chi connectivity index (χ4n) is 4.69. The SMILES string of the molecule is CC1(C(=O)NNc2cccc3ncccc23)CC1(c1ccccc1)c1ccccc1. The number of hydrogen-bond donors (Lipinski definition) is 2. The zero-order valence-corrected chi connectivity index (χ0v) is 16.8. The molecule has 5 rings (SSSR count). The van der Waals surface area contributed by atoms with Gasteiger partial charge in [0.15, 0.2) is 0 Å². The van der Waals surface area contributed by atoms with Gasteiger partial charge in [-0.05, 0) is 48.7 Å². The summed E-state index contributed by atoms with van der Waals surface area (Å²) in [5, 5.41) is 0.971. The van der Waals surface area contributed by atoms with Gasteiger partial charge in [0.05, 0.1) is 16.6 Å². The summed E-state index contributed by atoms with van der Waals surface area (Å²) in [6.45, 7) is 2.05. The predicted octanol–water partition coefficient (Wildman–Crippen LogP) is 5.07. The molecule has 0 bridgehead atoms. The molecule has 4 nitrogen and oxygen atoms in total. The average molecular weight is 393 g/mol. The molecule has 2 N–H and O–H groups in total. The molecule has 4 heteroatoms. The predicted molar refractivity (Wildman–Crippen MR) is 120 cm³/mol. The molecule has 1 atom stereocenters. The van der Waals surface area contributed by atoms with Crippen LogP contribution in [0.3, 0.4) is 0 Å². The van der Waals surface area contributed by atoms with Crippen LogP contribution in [0.25, 0.3) is 10.9 Å². The van der Waals surface area contributed by atoms with Crippen LogP contribution in [0.2, 0.25) is 0 Å². The van der Waals surface area contributed by atoms with E-state index in [1.807, 2.05) is 66.7 Å². The second kappa shape index (κ2) is 6.99. The van der Waals surface area contributed by atoms with Gasteiger partial charge in [0.2, 0.25) is 5.91 Å². The van der Waals surface area contributed by atoms with Crippen LogP contribution in [0.5, 0.6) is 0 Å². The average Bonchev–Trinajstić information content (AvgIpc) is 3.47. The summed E-state index contributed by atoms with van der Waals surface area (Å²) in [7, 11) is 0. The molecule has 0 saturated heterocycles. The zero-order chi connectivity index (χ0) is 20.6. The van der Waals surface area contributed by atoms with Crippen molar-refractivity contribution in [1.29, 1.82) is 0 Å².